The van der Waals surface area contributed by atoms with Gasteiger partial charge < -0.3 is 116 Å². The molecule has 534 valence electrons. The van der Waals surface area contributed by atoms with E-state index in [4.69, 9.17) is 75.2 Å². The molecule has 91 heavy (non-hydrogen) atoms. The summed E-state index contributed by atoms with van der Waals surface area (Å²) in [6.45, 7) is 17.7. The molecule has 0 aromatic rings. The largest absolute Gasteiger partial charge is 0.394 e. The molecule has 2 fully saturated rings. The molecule has 2 saturated heterocycles. The number of hydrogen-bond donors (Lipinski definition) is 10. The summed E-state index contributed by atoms with van der Waals surface area (Å²) in [4.78, 5) is 11.6. The predicted octanol–water partition coefficient (Wildman–Crippen LogP) is 4.22. The molecular weight excluding hydrogens is 1610 g/mol. The van der Waals surface area contributed by atoms with Crippen molar-refractivity contribution in [3.05, 3.63) is 0 Å². The summed E-state index contributed by atoms with van der Waals surface area (Å²) in [5.41, 5.74) is 0. The summed E-state index contributed by atoms with van der Waals surface area (Å²) < 4.78 is 126. The van der Waals surface area contributed by atoms with Gasteiger partial charge in [0.1, 0.15) is 57.1 Å². The minimum absolute atomic E-state index is 0. The molecule has 39 heteroatoms. The summed E-state index contributed by atoms with van der Waals surface area (Å²) in [6.07, 6.45) is -1.30. The van der Waals surface area contributed by atoms with Crippen LogP contribution in [0.5, 0.6) is 0 Å². The van der Waals surface area contributed by atoms with Gasteiger partial charge in [0.15, 0.2) is 12.6 Å². The van der Waals surface area contributed by atoms with Crippen LogP contribution in [0.3, 0.4) is 0 Å². The Morgan fingerprint density at radius 2 is 0.978 bits per heavy atom. The average Bonchev–Trinajstić information content (AvgIpc) is 3.46. The van der Waals surface area contributed by atoms with Crippen molar-refractivity contribution in [2.45, 2.75) is 218 Å². The molecule has 4 radical (unpaired) electrons. The predicted molar refractivity (Wildman–Crippen MR) is 325 cm³/mol. The number of carbonyl (C=O) groups excluding carboxylic acids is 1. The first-order chi connectivity index (χ1) is 41.5. The van der Waals surface area contributed by atoms with Crippen LogP contribution in [0.25, 0.3) is 0 Å². The van der Waals surface area contributed by atoms with Crippen LogP contribution in [0.2, 0.25) is 0 Å². The van der Waals surface area contributed by atoms with Crippen molar-refractivity contribution in [1.29, 1.82) is 0 Å². The third-order valence-corrected chi connectivity index (χ3v) is 18.7. The molecule has 2 rings (SSSR count). The monoisotopic (exact) mass is 1720 g/mol. The molecule has 16 unspecified atom stereocenters. The van der Waals surface area contributed by atoms with Crippen molar-refractivity contribution >= 4 is 47.2 Å². The molecule has 2 aliphatic heterocycles. The smallest absolute Gasteiger partial charge is 0.319 e. The molecule has 0 aromatic carbocycles. The van der Waals surface area contributed by atoms with Crippen LogP contribution in [0.15, 0.2) is 0 Å². The van der Waals surface area contributed by atoms with E-state index in [2.05, 4.69) is 62.7 Å². The minimum Gasteiger partial charge on any atom is -0.394 e. The Morgan fingerprint density at radius 3 is 1.40 bits per heavy atom. The Kier molecular flexibility index (Phi) is 75.6. The third kappa shape index (κ3) is 50.3. The number of nitrogens with zero attached hydrogens (tertiary/aromatic N) is 1. The van der Waals surface area contributed by atoms with Gasteiger partial charge in [0.2, 0.25) is 5.91 Å². The van der Waals surface area contributed by atoms with E-state index < -0.39 is 147 Å². The first-order valence-electron chi connectivity index (χ1n) is 30.0. The molecule has 0 spiro atoms. The number of hydrogen-bond acceptors (Lipinski definition) is 29. The Morgan fingerprint density at radius 1 is 0.560 bits per heavy atom. The molecule has 16 atom stereocenters. The first-order valence-corrected chi connectivity index (χ1v) is 36.6. The number of amides is 1. The van der Waals surface area contributed by atoms with Crippen molar-refractivity contribution in [3.8, 4) is 0 Å². The second-order valence-corrected chi connectivity index (χ2v) is 27.0. The Hall–Kier alpha value is 4.28. The number of carbonyl (C=O) groups is 1. The van der Waals surface area contributed by atoms with E-state index in [1.165, 1.54) is 14.0 Å². The van der Waals surface area contributed by atoms with Gasteiger partial charge in [-0.2, -0.15) is 0 Å². The minimum atomic E-state index is -3.19. The van der Waals surface area contributed by atoms with Crippen LogP contribution in [-0.2, 0) is 218 Å². The summed E-state index contributed by atoms with van der Waals surface area (Å²) in [5, 5.41) is 85.9. The van der Waals surface area contributed by atoms with Gasteiger partial charge in [0, 0.05) is 176 Å². The van der Waals surface area contributed by atoms with Crippen LogP contribution >= 0.6 is 41.3 Å². The fraction of sp³-hybridized carbons (Fsp3) is 0.981. The average molecular weight is 1720 g/mol. The fourth-order valence-electron chi connectivity index (χ4n) is 8.48. The Bertz CT molecular complexity index is 1790. The second kappa shape index (κ2) is 66.2. The zero-order valence-corrected chi connectivity index (χ0v) is 71.3. The van der Waals surface area contributed by atoms with E-state index in [1.54, 1.807) is 6.92 Å². The van der Waals surface area contributed by atoms with E-state index >= 15 is 0 Å². The molecule has 30 nitrogen and oxygen atoms in total. The number of aliphatic hydroxyl groups is 9. The molecule has 10 N–H and O–H groups in total. The summed E-state index contributed by atoms with van der Waals surface area (Å²) in [6, 6.07) is 0.0412. The van der Waals surface area contributed by atoms with Gasteiger partial charge in [0.05, 0.1) is 91.5 Å². The fourth-order valence-corrected chi connectivity index (χ4v) is 12.8. The van der Waals surface area contributed by atoms with Crippen molar-refractivity contribution in [3.63, 3.8) is 0 Å². The van der Waals surface area contributed by atoms with Crippen LogP contribution in [0.4, 0.5) is 0 Å². The topological polar surface area (TPSA) is 412 Å². The summed E-state index contributed by atoms with van der Waals surface area (Å²) in [7, 11) is -11.2. The molecule has 0 saturated carbocycles. The quantitative estimate of drug-likeness (QED) is 0.0301. The molecule has 1 amide bonds. The molecule has 0 aliphatic carbocycles. The van der Waals surface area contributed by atoms with Crippen LogP contribution in [0.1, 0.15) is 132 Å². The maximum Gasteiger partial charge on any atom is 0.319 e. The first kappa shape index (κ1) is 104. The van der Waals surface area contributed by atoms with Gasteiger partial charge >= 0.3 is 33.0 Å². The van der Waals surface area contributed by atoms with E-state index in [9.17, 15) is 53.7 Å². The maximum absolute atomic E-state index is 12.5. The Labute approximate surface area is 644 Å². The second-order valence-electron chi connectivity index (χ2n) is 20.9. The summed E-state index contributed by atoms with van der Waals surface area (Å²) in [5.74, 6) is -0.914. The maximum atomic E-state index is 12.5. The van der Waals surface area contributed by atoms with E-state index in [1.807, 2.05) is 0 Å². The molecule has 2 heterocycles. The van der Waals surface area contributed by atoms with Crippen LogP contribution in [0, 0.1) is 5.92 Å². The van der Waals surface area contributed by atoms with Crippen molar-refractivity contribution in [2.75, 3.05) is 106 Å². The van der Waals surface area contributed by atoms with E-state index in [-0.39, 0.29) is 177 Å². The zero-order valence-electron chi connectivity index (χ0n) is 55.0. The van der Waals surface area contributed by atoms with Crippen molar-refractivity contribution < 1.29 is 264 Å². The van der Waals surface area contributed by atoms with Gasteiger partial charge in [-0.25, -0.2) is 0 Å². The molecule has 0 bridgehead atoms. The molecule has 2 aliphatic rings. The van der Waals surface area contributed by atoms with Crippen molar-refractivity contribution in [2.24, 2.45) is 5.92 Å². The number of ether oxygens (including phenoxy) is 5. The van der Waals surface area contributed by atoms with Crippen LogP contribution < -0.4 is 5.32 Å². The number of rotatable bonds is 49. The molecule has 0 aromatic heterocycles. The van der Waals surface area contributed by atoms with Crippen molar-refractivity contribution in [1.82, 2.24) is 9.99 Å². The van der Waals surface area contributed by atoms with Gasteiger partial charge in [-0.15, -0.1) is 0 Å². The normalized spacial score (nSPS) is 23.5. The third-order valence-electron chi connectivity index (χ3n) is 13.2. The number of nitrogens with one attached hydrogen (secondary N) is 1. The van der Waals surface area contributed by atoms with E-state index in [0.29, 0.717) is 70.1 Å². The van der Waals surface area contributed by atoms with Gasteiger partial charge in [-0.3, -0.25) is 27.7 Å². The SMILES string of the molecule is CCC(CC)OCCOP(C)N(C(C)C)C(C)C.CO[PH](=O)OCCO[PH](=O)OC(CO[PH](=O)OCCCCCCCOC1OC(CO)C(O)C(O)C1C)CO[PH](=O)OCCCCCCCOC1OC(CO)C(O)C(O)C1NC(C)=O.OCC(O)CO.[Y].[Y].[Y].[Y]. The Balaban J connectivity index is -0.000000739. The van der Waals surface area contributed by atoms with Gasteiger partial charge in [-0.1, -0.05) is 59.3 Å². The summed E-state index contributed by atoms with van der Waals surface area (Å²) >= 11 is 0. The van der Waals surface area contributed by atoms with Gasteiger partial charge in [0.25, 0.3) is 0 Å². The van der Waals surface area contributed by atoms with Gasteiger partial charge in [-0.05, 0) is 72.9 Å². The number of unbranched alkanes of at least 4 members (excludes halogenated alkanes) is 8. The number of aliphatic hydroxyl groups excluding tert-OH is 9. The standard InChI is InChI=1S/C35H71NO23P4.C14H32NO2P.C3H8O3.4Y/c1-24-30(40)31(41)27(20-37)57-34(24)49-14-10-6-4-8-12-16-51-61(45)55-22-26(59-63(47)54-19-18-53-60(44)48-3)23-56-62(46)52-17-13-9-5-7-11-15-50-35-29(36-25(2)39)33(43)32(42)28(21-38)58-35;1-8-14(9-2)16-10-11-17-18(7)15(12(3)4)13(5)6;4-1-3(6)2-5;;;;/h24,26-35,37-38,40-43,60-63H,4-23H2,1-3H3,(H,36,39);12-14H,8-11H2,1-7H3;3-6H,1-2H2;;;;. The molecular formula is C52H111N2O28P5Y4. The van der Waals surface area contributed by atoms with E-state index in [0.717, 1.165) is 44.9 Å². The van der Waals surface area contributed by atoms with Crippen LogP contribution in [-0.4, -0.2) is 248 Å². The zero-order chi connectivity index (χ0) is 65.7.